The maximum absolute atomic E-state index is 11.3. The number of rotatable bonds is 5. The lowest BCUT2D eigenvalue weighted by atomic mass is 9.95. The third-order valence-corrected chi connectivity index (χ3v) is 3.20. The van der Waals surface area contributed by atoms with Crippen LogP contribution in [0.1, 0.15) is 29.0 Å². The smallest absolute Gasteiger partial charge is 0.307 e. The van der Waals surface area contributed by atoms with Gasteiger partial charge in [-0.1, -0.05) is 18.2 Å². The van der Waals surface area contributed by atoms with E-state index in [4.69, 9.17) is 28.3 Å². The molecule has 1 aromatic rings. The number of carboxylic acids is 1. The van der Waals surface area contributed by atoms with Gasteiger partial charge in [-0.3, -0.25) is 9.59 Å². The van der Waals surface area contributed by atoms with E-state index in [0.29, 0.717) is 16.7 Å². The monoisotopic (exact) mass is 274 g/mol. The van der Waals surface area contributed by atoms with E-state index in [2.05, 4.69) is 0 Å². The molecule has 0 fully saturated rings. The summed E-state index contributed by atoms with van der Waals surface area (Å²) in [5.74, 6) is -1.000. The highest BCUT2D eigenvalue weighted by Gasteiger charge is 2.21. The molecular weight excluding hydrogens is 263 g/mol. The number of hydrogen-bond donors (Lipinski definition) is 1. The Morgan fingerprint density at radius 3 is 2.41 bits per heavy atom. The van der Waals surface area contributed by atoms with E-state index >= 15 is 0 Å². The minimum atomic E-state index is -0.967. The number of alkyl halides is 2. The van der Waals surface area contributed by atoms with Gasteiger partial charge >= 0.3 is 5.97 Å². The molecule has 0 radical (unpaired) electrons. The van der Waals surface area contributed by atoms with Gasteiger partial charge in [0.1, 0.15) is 5.38 Å². The molecule has 0 aliphatic heterocycles. The van der Waals surface area contributed by atoms with Crippen molar-refractivity contribution < 1.29 is 14.7 Å². The van der Waals surface area contributed by atoms with Crippen LogP contribution in [0, 0.1) is 0 Å². The average Bonchev–Trinajstić information content (AvgIpc) is 2.26. The Hall–Kier alpha value is -1.06. The van der Waals surface area contributed by atoms with Crippen LogP contribution in [-0.2, 0) is 21.9 Å². The van der Waals surface area contributed by atoms with Gasteiger partial charge in [0.25, 0.3) is 0 Å². The molecule has 0 heterocycles. The zero-order valence-corrected chi connectivity index (χ0v) is 10.8. The molecule has 0 bridgehead atoms. The second-order valence-corrected chi connectivity index (χ2v) is 4.37. The van der Waals surface area contributed by atoms with Gasteiger partial charge in [-0.15, -0.1) is 23.2 Å². The summed E-state index contributed by atoms with van der Waals surface area (Å²) in [6, 6.07) is 5.10. The van der Waals surface area contributed by atoms with Crippen molar-refractivity contribution in [2.24, 2.45) is 0 Å². The molecule has 0 spiro atoms. The molecule has 5 heteroatoms. The number of carboxylic acid groups (broad SMARTS) is 1. The summed E-state index contributed by atoms with van der Waals surface area (Å²) in [4.78, 5) is 22.1. The Labute approximate surface area is 109 Å². The predicted octanol–water partition coefficient (Wildman–Crippen LogP) is 2.92. The SMILES string of the molecule is CC(=O)C(Cl)c1c(CCl)cccc1CC(=O)O. The van der Waals surface area contributed by atoms with Crippen molar-refractivity contribution in [3.63, 3.8) is 0 Å². The van der Waals surface area contributed by atoms with Crippen molar-refractivity contribution in [2.45, 2.75) is 24.6 Å². The molecule has 1 rings (SSSR count). The van der Waals surface area contributed by atoms with Gasteiger partial charge in [0.05, 0.1) is 6.42 Å². The molecule has 1 N–H and O–H groups in total. The fourth-order valence-electron chi connectivity index (χ4n) is 1.63. The van der Waals surface area contributed by atoms with Crippen molar-refractivity contribution in [1.29, 1.82) is 0 Å². The number of benzene rings is 1. The number of carbonyl (C=O) groups excluding carboxylic acids is 1. The van der Waals surface area contributed by atoms with Gasteiger partial charge in [0.2, 0.25) is 0 Å². The number of aliphatic carboxylic acids is 1. The lowest BCUT2D eigenvalue weighted by Crippen LogP contribution is -2.11. The summed E-state index contributed by atoms with van der Waals surface area (Å²) in [7, 11) is 0. The highest BCUT2D eigenvalue weighted by molar-refractivity contribution is 6.31. The Balaban J connectivity index is 3.29. The van der Waals surface area contributed by atoms with Crippen LogP contribution in [0.25, 0.3) is 0 Å². The van der Waals surface area contributed by atoms with Crippen molar-refractivity contribution in [3.05, 3.63) is 34.9 Å². The Kier molecular flexibility index (Phi) is 4.97. The molecule has 1 atom stereocenters. The summed E-state index contributed by atoms with van der Waals surface area (Å²) in [5.41, 5.74) is 1.76. The maximum atomic E-state index is 11.3. The van der Waals surface area contributed by atoms with Crippen LogP contribution >= 0.6 is 23.2 Å². The van der Waals surface area contributed by atoms with E-state index in [1.165, 1.54) is 6.92 Å². The molecule has 0 saturated heterocycles. The first-order valence-corrected chi connectivity index (χ1v) is 5.97. The molecule has 0 aliphatic rings. The number of Topliss-reactive ketones (excluding diaryl/α,β-unsaturated/α-hetero) is 1. The topological polar surface area (TPSA) is 54.4 Å². The summed E-state index contributed by atoms with van der Waals surface area (Å²) >= 11 is 11.8. The molecular formula is C12H12Cl2O3. The maximum Gasteiger partial charge on any atom is 0.307 e. The molecule has 0 saturated carbocycles. The molecule has 0 aromatic heterocycles. The normalized spacial score (nSPS) is 12.2. The second kappa shape index (κ2) is 6.03. The third kappa shape index (κ3) is 3.45. The molecule has 0 aliphatic carbocycles. The fraction of sp³-hybridized carbons (Fsp3) is 0.333. The first-order valence-electron chi connectivity index (χ1n) is 5.00. The Morgan fingerprint density at radius 1 is 1.35 bits per heavy atom. The molecule has 1 aromatic carbocycles. The van der Waals surface area contributed by atoms with E-state index < -0.39 is 11.3 Å². The van der Waals surface area contributed by atoms with Crippen LogP contribution in [0.4, 0.5) is 0 Å². The van der Waals surface area contributed by atoms with Crippen LogP contribution < -0.4 is 0 Å². The van der Waals surface area contributed by atoms with E-state index in [1.807, 2.05) is 0 Å². The van der Waals surface area contributed by atoms with Gasteiger partial charge < -0.3 is 5.11 Å². The van der Waals surface area contributed by atoms with Crippen molar-refractivity contribution >= 4 is 35.0 Å². The summed E-state index contributed by atoms with van der Waals surface area (Å²) in [5, 5.41) is 7.97. The van der Waals surface area contributed by atoms with E-state index in [9.17, 15) is 9.59 Å². The lowest BCUT2D eigenvalue weighted by molar-refractivity contribution is -0.136. The molecule has 1 unspecified atom stereocenters. The highest BCUT2D eigenvalue weighted by atomic mass is 35.5. The summed E-state index contributed by atoms with van der Waals surface area (Å²) in [6.07, 6.45) is -0.170. The first-order chi connectivity index (χ1) is 7.97. The molecule has 3 nitrogen and oxygen atoms in total. The van der Waals surface area contributed by atoms with Crippen LogP contribution in [0.2, 0.25) is 0 Å². The van der Waals surface area contributed by atoms with Crippen molar-refractivity contribution in [2.75, 3.05) is 0 Å². The van der Waals surface area contributed by atoms with Crippen molar-refractivity contribution in [3.8, 4) is 0 Å². The lowest BCUT2D eigenvalue weighted by Gasteiger charge is -2.15. The third-order valence-electron chi connectivity index (χ3n) is 2.38. The van der Waals surface area contributed by atoms with E-state index in [0.717, 1.165) is 0 Å². The number of hydrogen-bond acceptors (Lipinski definition) is 2. The number of carbonyl (C=O) groups is 2. The summed E-state index contributed by atoms with van der Waals surface area (Å²) in [6.45, 7) is 1.37. The molecule has 0 amide bonds. The van der Waals surface area contributed by atoms with E-state index in [-0.39, 0.29) is 18.1 Å². The number of halogens is 2. The van der Waals surface area contributed by atoms with Gasteiger partial charge in [-0.25, -0.2) is 0 Å². The minimum Gasteiger partial charge on any atom is -0.481 e. The van der Waals surface area contributed by atoms with Crippen LogP contribution in [0.15, 0.2) is 18.2 Å². The average molecular weight is 275 g/mol. The van der Waals surface area contributed by atoms with Gasteiger partial charge in [0.15, 0.2) is 5.78 Å². The zero-order chi connectivity index (χ0) is 13.0. The number of ketones is 1. The highest BCUT2D eigenvalue weighted by Crippen LogP contribution is 2.30. The van der Waals surface area contributed by atoms with Crippen LogP contribution in [-0.4, -0.2) is 16.9 Å². The largest absolute Gasteiger partial charge is 0.481 e. The van der Waals surface area contributed by atoms with Crippen LogP contribution in [0.3, 0.4) is 0 Å². The quantitative estimate of drug-likeness (QED) is 0.840. The van der Waals surface area contributed by atoms with Gasteiger partial charge in [0, 0.05) is 5.88 Å². The predicted molar refractivity (Wildman–Crippen MR) is 66.6 cm³/mol. The van der Waals surface area contributed by atoms with E-state index in [1.54, 1.807) is 18.2 Å². The van der Waals surface area contributed by atoms with Gasteiger partial charge in [-0.2, -0.15) is 0 Å². The Morgan fingerprint density at radius 2 is 1.94 bits per heavy atom. The van der Waals surface area contributed by atoms with Crippen molar-refractivity contribution in [1.82, 2.24) is 0 Å². The first kappa shape index (κ1) is 14.0. The minimum absolute atomic E-state index is 0.170. The summed E-state index contributed by atoms with van der Waals surface area (Å²) < 4.78 is 0. The van der Waals surface area contributed by atoms with Crippen LogP contribution in [0.5, 0.6) is 0 Å². The molecule has 92 valence electrons. The van der Waals surface area contributed by atoms with Gasteiger partial charge in [-0.05, 0) is 23.6 Å². The Bertz CT molecular complexity index is 443. The second-order valence-electron chi connectivity index (χ2n) is 3.67. The standard InChI is InChI=1S/C12H12Cl2O3/c1-7(15)12(14)11-8(5-10(16)17)3-2-4-9(11)6-13/h2-4,12H,5-6H2,1H3,(H,16,17). The molecule has 17 heavy (non-hydrogen) atoms. The fourth-order valence-corrected chi connectivity index (χ4v) is 2.14. The zero-order valence-electron chi connectivity index (χ0n) is 9.24.